The fraction of sp³-hybridized carbons (Fsp3) is 0.357. The van der Waals surface area contributed by atoms with E-state index in [0.717, 1.165) is 36.1 Å². The Bertz CT molecular complexity index is 722. The quantitative estimate of drug-likeness (QED) is 0.797. The average molecular weight is 311 g/mol. The van der Waals surface area contributed by atoms with Gasteiger partial charge in [0.05, 0.1) is 5.71 Å². The first-order valence-corrected chi connectivity index (χ1v) is 6.63. The van der Waals surface area contributed by atoms with Crippen molar-refractivity contribution in [3.63, 3.8) is 0 Å². The van der Waals surface area contributed by atoms with Gasteiger partial charge in [0.15, 0.2) is 0 Å². The maximum Gasteiger partial charge on any atom is 0.471 e. The molecule has 0 fully saturated rings. The number of aryl methyl sites for hydroxylation is 1. The molecule has 116 valence electrons. The normalized spacial score (nSPS) is 16.6. The first kappa shape index (κ1) is 14.6. The average Bonchev–Trinajstić information content (AvgIpc) is 2.97. The van der Waals surface area contributed by atoms with E-state index in [0.29, 0.717) is 5.56 Å². The highest BCUT2D eigenvalue weighted by molar-refractivity contribution is 6.02. The molecule has 1 aromatic carbocycles. The third-order valence-electron chi connectivity index (χ3n) is 3.40. The van der Waals surface area contributed by atoms with E-state index in [4.69, 9.17) is 4.84 Å². The summed E-state index contributed by atoms with van der Waals surface area (Å²) in [5.41, 5.74) is 3.24. The fourth-order valence-electron chi connectivity index (χ4n) is 2.46. The Labute approximate surface area is 123 Å². The van der Waals surface area contributed by atoms with Gasteiger partial charge in [0.25, 0.3) is 0 Å². The van der Waals surface area contributed by atoms with Gasteiger partial charge >= 0.3 is 12.1 Å². The van der Waals surface area contributed by atoms with Gasteiger partial charge in [-0.3, -0.25) is 0 Å². The lowest BCUT2D eigenvalue weighted by Gasteiger charge is -2.17. The van der Waals surface area contributed by atoms with Crippen molar-refractivity contribution in [1.29, 1.82) is 0 Å². The minimum absolute atomic E-state index is 0.0778. The van der Waals surface area contributed by atoms with Crippen LogP contribution in [0.25, 0.3) is 11.4 Å². The van der Waals surface area contributed by atoms with E-state index in [1.54, 1.807) is 18.2 Å². The molecule has 0 aliphatic heterocycles. The Morgan fingerprint density at radius 2 is 2.09 bits per heavy atom. The molecule has 8 heteroatoms. The fourth-order valence-corrected chi connectivity index (χ4v) is 2.46. The molecule has 0 unspecified atom stereocenters. The van der Waals surface area contributed by atoms with Crippen LogP contribution in [0.5, 0.6) is 0 Å². The zero-order valence-electron chi connectivity index (χ0n) is 11.6. The van der Waals surface area contributed by atoms with Crippen LogP contribution in [0.1, 0.15) is 29.9 Å². The van der Waals surface area contributed by atoms with E-state index in [-0.39, 0.29) is 5.82 Å². The molecular formula is C14H12F3N3O2. The molecule has 0 bridgehead atoms. The molecule has 1 aromatic heterocycles. The number of nitrogens with zero attached hydrogens (tertiary/aromatic N) is 3. The van der Waals surface area contributed by atoms with Crippen LogP contribution in [0.4, 0.5) is 13.2 Å². The van der Waals surface area contributed by atoms with Gasteiger partial charge in [0, 0.05) is 11.1 Å². The summed E-state index contributed by atoms with van der Waals surface area (Å²) < 4.78 is 41.8. The van der Waals surface area contributed by atoms with Gasteiger partial charge in [0.1, 0.15) is 7.11 Å². The van der Waals surface area contributed by atoms with Crippen LogP contribution in [-0.4, -0.2) is 23.0 Å². The standard InChI is InChI=1S/C14H12F3N3O2/c1-21-19-11-4-2-3-8-7-9(5-6-10(8)11)12-18-13(22-20-12)14(15,16)17/h5-7H,2-4H2,1H3. The number of rotatable bonds is 2. The molecular weight excluding hydrogens is 299 g/mol. The highest BCUT2D eigenvalue weighted by Gasteiger charge is 2.38. The maximum absolute atomic E-state index is 12.5. The van der Waals surface area contributed by atoms with Crippen LogP contribution in [0.15, 0.2) is 27.9 Å². The third kappa shape index (κ3) is 2.68. The second-order valence-corrected chi connectivity index (χ2v) is 4.87. The summed E-state index contributed by atoms with van der Waals surface area (Å²) >= 11 is 0. The van der Waals surface area contributed by atoms with E-state index >= 15 is 0 Å². The topological polar surface area (TPSA) is 60.5 Å². The molecule has 3 rings (SSSR count). The summed E-state index contributed by atoms with van der Waals surface area (Å²) in [4.78, 5) is 8.22. The molecule has 0 radical (unpaired) electrons. The summed E-state index contributed by atoms with van der Waals surface area (Å²) in [5.74, 6) is -1.42. The highest BCUT2D eigenvalue weighted by Crippen LogP contribution is 2.31. The predicted octanol–water partition coefficient (Wildman–Crippen LogP) is 3.44. The zero-order valence-corrected chi connectivity index (χ0v) is 11.6. The Morgan fingerprint density at radius 1 is 1.27 bits per heavy atom. The van der Waals surface area contributed by atoms with Gasteiger partial charge in [-0.25, -0.2) is 0 Å². The van der Waals surface area contributed by atoms with Crippen molar-refractivity contribution in [3.05, 3.63) is 35.2 Å². The number of hydrogen-bond donors (Lipinski definition) is 0. The molecule has 22 heavy (non-hydrogen) atoms. The van der Waals surface area contributed by atoms with E-state index in [9.17, 15) is 13.2 Å². The SMILES string of the molecule is CON=C1CCCc2cc(-c3noc(C(F)(F)F)n3)ccc21. The van der Waals surface area contributed by atoms with Gasteiger partial charge in [-0.2, -0.15) is 18.2 Å². The monoisotopic (exact) mass is 311 g/mol. The lowest BCUT2D eigenvalue weighted by Crippen LogP contribution is -2.12. The third-order valence-corrected chi connectivity index (χ3v) is 3.40. The molecule has 0 N–H and O–H groups in total. The van der Waals surface area contributed by atoms with Gasteiger partial charge < -0.3 is 9.36 Å². The Morgan fingerprint density at radius 3 is 2.77 bits per heavy atom. The predicted molar refractivity (Wildman–Crippen MR) is 71.2 cm³/mol. The molecule has 0 amide bonds. The molecule has 0 atom stereocenters. The number of halogens is 3. The molecule has 5 nitrogen and oxygen atoms in total. The zero-order chi connectivity index (χ0) is 15.7. The van der Waals surface area contributed by atoms with Crippen LogP contribution < -0.4 is 0 Å². The van der Waals surface area contributed by atoms with Crippen LogP contribution in [0, 0.1) is 0 Å². The number of fused-ring (bicyclic) bond motifs is 1. The van der Waals surface area contributed by atoms with Gasteiger partial charge in [-0.1, -0.05) is 22.4 Å². The smallest absolute Gasteiger partial charge is 0.399 e. The maximum atomic E-state index is 12.5. The Hall–Kier alpha value is -2.38. The van der Waals surface area contributed by atoms with Crippen LogP contribution in [0.3, 0.4) is 0 Å². The number of oxime groups is 1. The van der Waals surface area contributed by atoms with Crippen molar-refractivity contribution in [1.82, 2.24) is 10.1 Å². The first-order chi connectivity index (χ1) is 10.5. The van der Waals surface area contributed by atoms with Crippen LogP contribution >= 0.6 is 0 Å². The molecule has 2 aromatic rings. The molecule has 0 spiro atoms. The Kier molecular flexibility index (Phi) is 3.59. The van der Waals surface area contributed by atoms with Crippen molar-refractivity contribution in [3.8, 4) is 11.4 Å². The summed E-state index contributed by atoms with van der Waals surface area (Å²) in [6.45, 7) is 0. The number of aromatic nitrogens is 2. The summed E-state index contributed by atoms with van der Waals surface area (Å²) in [5, 5.41) is 7.38. The largest absolute Gasteiger partial charge is 0.471 e. The van der Waals surface area contributed by atoms with Crippen molar-refractivity contribution in [2.75, 3.05) is 7.11 Å². The lowest BCUT2D eigenvalue weighted by molar-refractivity contribution is -0.159. The van der Waals surface area contributed by atoms with Crippen molar-refractivity contribution in [2.24, 2.45) is 5.16 Å². The van der Waals surface area contributed by atoms with Crippen LogP contribution in [-0.2, 0) is 17.4 Å². The van der Waals surface area contributed by atoms with E-state index in [2.05, 4.69) is 19.8 Å². The van der Waals surface area contributed by atoms with Gasteiger partial charge in [-0.05, 0) is 30.9 Å². The molecule has 1 aliphatic carbocycles. The van der Waals surface area contributed by atoms with E-state index < -0.39 is 12.1 Å². The molecule has 1 heterocycles. The second-order valence-electron chi connectivity index (χ2n) is 4.87. The van der Waals surface area contributed by atoms with Crippen LogP contribution in [0.2, 0.25) is 0 Å². The summed E-state index contributed by atoms with van der Waals surface area (Å²) in [6.07, 6.45) is -2.12. The number of hydrogen-bond acceptors (Lipinski definition) is 5. The number of benzene rings is 1. The Balaban J connectivity index is 1.97. The van der Waals surface area contributed by atoms with Crippen molar-refractivity contribution in [2.45, 2.75) is 25.4 Å². The molecule has 0 saturated carbocycles. The van der Waals surface area contributed by atoms with E-state index in [1.165, 1.54) is 7.11 Å². The molecule has 0 saturated heterocycles. The van der Waals surface area contributed by atoms with Crippen molar-refractivity contribution < 1.29 is 22.5 Å². The minimum Gasteiger partial charge on any atom is -0.399 e. The first-order valence-electron chi connectivity index (χ1n) is 6.63. The molecule has 1 aliphatic rings. The summed E-state index contributed by atoms with van der Waals surface area (Å²) in [6, 6.07) is 5.22. The second kappa shape index (κ2) is 5.43. The van der Waals surface area contributed by atoms with Gasteiger partial charge in [0.2, 0.25) is 5.82 Å². The number of alkyl halides is 3. The summed E-state index contributed by atoms with van der Waals surface area (Å²) in [7, 11) is 1.48. The highest BCUT2D eigenvalue weighted by atomic mass is 19.4. The van der Waals surface area contributed by atoms with Crippen molar-refractivity contribution >= 4 is 5.71 Å². The lowest BCUT2D eigenvalue weighted by atomic mass is 9.89. The van der Waals surface area contributed by atoms with E-state index in [1.807, 2.05) is 0 Å². The minimum atomic E-state index is -4.64. The van der Waals surface area contributed by atoms with Gasteiger partial charge in [-0.15, -0.1) is 0 Å².